The first-order valence-corrected chi connectivity index (χ1v) is 6.07. The van der Waals surface area contributed by atoms with Gasteiger partial charge in [0.2, 0.25) is 0 Å². The van der Waals surface area contributed by atoms with Crippen LogP contribution in [0.15, 0.2) is 18.2 Å². The van der Waals surface area contributed by atoms with Crippen LogP contribution in [0.4, 0.5) is 4.39 Å². The number of nitrogens with zero attached hydrogens (tertiary/aromatic N) is 2. The number of likely N-dealkylation sites (tertiary alicyclic amines) is 1. The third kappa shape index (κ3) is 2.35. The summed E-state index contributed by atoms with van der Waals surface area (Å²) in [5, 5.41) is 8.90. The zero-order chi connectivity index (χ0) is 13.1. The molecule has 94 valence electrons. The van der Waals surface area contributed by atoms with Crippen LogP contribution in [0, 0.1) is 30.0 Å². The zero-order valence-electron chi connectivity index (χ0n) is 10.3. The van der Waals surface area contributed by atoms with E-state index < -0.39 is 5.82 Å². The van der Waals surface area contributed by atoms with Crippen molar-refractivity contribution < 1.29 is 9.18 Å². The predicted octanol–water partition coefficient (Wildman–Crippen LogP) is 2.51. The fourth-order valence-electron chi connectivity index (χ4n) is 2.25. The van der Waals surface area contributed by atoms with E-state index in [4.69, 9.17) is 5.26 Å². The Hall–Kier alpha value is -1.89. The second-order valence-electron chi connectivity index (χ2n) is 4.66. The van der Waals surface area contributed by atoms with Crippen LogP contribution in [0.25, 0.3) is 0 Å². The van der Waals surface area contributed by atoms with Crippen LogP contribution in [0.3, 0.4) is 0 Å². The standard InChI is InChI=1S/C14H15FN2O/c1-10-4-2-6-12(13(10)15)14(18)17-7-3-5-11(8-16)9-17/h2,4,6,11H,3,5,7,9H2,1H3. The number of carbonyl (C=O) groups excluding carboxylic acids is 1. The lowest BCUT2D eigenvalue weighted by Crippen LogP contribution is -2.39. The van der Waals surface area contributed by atoms with Crippen molar-refractivity contribution in [3.8, 4) is 6.07 Å². The zero-order valence-corrected chi connectivity index (χ0v) is 10.3. The Morgan fingerprint density at radius 2 is 2.33 bits per heavy atom. The summed E-state index contributed by atoms with van der Waals surface area (Å²) >= 11 is 0. The molecule has 1 aromatic carbocycles. The van der Waals surface area contributed by atoms with Gasteiger partial charge >= 0.3 is 0 Å². The van der Waals surface area contributed by atoms with Crippen LogP contribution in [0.1, 0.15) is 28.8 Å². The highest BCUT2D eigenvalue weighted by molar-refractivity contribution is 5.94. The molecule has 1 aliphatic heterocycles. The van der Waals surface area contributed by atoms with Gasteiger partial charge in [-0.05, 0) is 31.4 Å². The number of aryl methyl sites for hydroxylation is 1. The van der Waals surface area contributed by atoms with Gasteiger partial charge in [0.15, 0.2) is 0 Å². The quantitative estimate of drug-likeness (QED) is 0.764. The maximum absolute atomic E-state index is 13.9. The SMILES string of the molecule is Cc1cccc(C(=O)N2CCCC(C#N)C2)c1F. The summed E-state index contributed by atoms with van der Waals surface area (Å²) in [6.45, 7) is 2.65. The molecule has 1 unspecified atom stereocenters. The Labute approximate surface area is 106 Å². The Balaban J connectivity index is 2.21. The Morgan fingerprint density at radius 1 is 1.56 bits per heavy atom. The van der Waals surface area contributed by atoms with E-state index in [1.165, 1.54) is 6.07 Å². The molecule has 0 bridgehead atoms. The number of carbonyl (C=O) groups is 1. The topological polar surface area (TPSA) is 44.1 Å². The van der Waals surface area contributed by atoms with Gasteiger partial charge in [-0.3, -0.25) is 4.79 Å². The lowest BCUT2D eigenvalue weighted by molar-refractivity contribution is 0.0694. The Morgan fingerprint density at radius 3 is 3.06 bits per heavy atom. The fourth-order valence-corrected chi connectivity index (χ4v) is 2.25. The van der Waals surface area contributed by atoms with Gasteiger partial charge in [0.1, 0.15) is 5.82 Å². The average Bonchev–Trinajstić information content (AvgIpc) is 2.41. The summed E-state index contributed by atoms with van der Waals surface area (Å²) in [6.07, 6.45) is 1.62. The van der Waals surface area contributed by atoms with Crippen LogP contribution < -0.4 is 0 Å². The molecule has 1 heterocycles. The molecule has 18 heavy (non-hydrogen) atoms. The van der Waals surface area contributed by atoms with Gasteiger partial charge in [-0.2, -0.15) is 5.26 Å². The first-order valence-electron chi connectivity index (χ1n) is 6.07. The Kier molecular flexibility index (Phi) is 3.61. The van der Waals surface area contributed by atoms with E-state index in [1.54, 1.807) is 24.0 Å². The van der Waals surface area contributed by atoms with Gasteiger partial charge in [0, 0.05) is 13.1 Å². The van der Waals surface area contributed by atoms with Crippen LogP contribution in [-0.2, 0) is 0 Å². The number of benzene rings is 1. The van der Waals surface area contributed by atoms with E-state index >= 15 is 0 Å². The van der Waals surface area contributed by atoms with Crippen molar-refractivity contribution in [1.82, 2.24) is 4.90 Å². The third-order valence-corrected chi connectivity index (χ3v) is 3.31. The number of piperidine rings is 1. The van der Waals surface area contributed by atoms with Gasteiger partial charge in [-0.1, -0.05) is 12.1 Å². The highest BCUT2D eigenvalue weighted by Gasteiger charge is 2.26. The third-order valence-electron chi connectivity index (χ3n) is 3.31. The molecular formula is C14H15FN2O. The van der Waals surface area contributed by atoms with Gasteiger partial charge in [-0.15, -0.1) is 0 Å². The lowest BCUT2D eigenvalue weighted by atomic mass is 9.98. The highest BCUT2D eigenvalue weighted by Crippen LogP contribution is 2.20. The molecule has 3 nitrogen and oxygen atoms in total. The molecule has 1 aromatic rings. The molecule has 2 rings (SSSR count). The number of amides is 1. The molecule has 1 fully saturated rings. The van der Waals surface area contributed by atoms with Gasteiger partial charge in [-0.25, -0.2) is 4.39 Å². The summed E-state index contributed by atoms with van der Waals surface area (Å²) in [4.78, 5) is 13.8. The summed E-state index contributed by atoms with van der Waals surface area (Å²) in [5.41, 5.74) is 0.572. The van der Waals surface area contributed by atoms with Crippen molar-refractivity contribution in [3.63, 3.8) is 0 Å². The van der Waals surface area contributed by atoms with Gasteiger partial charge in [0.05, 0.1) is 17.6 Å². The van der Waals surface area contributed by atoms with Gasteiger partial charge < -0.3 is 4.90 Å². The van der Waals surface area contributed by atoms with E-state index in [0.29, 0.717) is 18.7 Å². The minimum absolute atomic E-state index is 0.105. The maximum Gasteiger partial charge on any atom is 0.256 e. The molecule has 0 spiro atoms. The number of halogens is 1. The van der Waals surface area contributed by atoms with Crippen molar-refractivity contribution in [2.75, 3.05) is 13.1 Å². The van der Waals surface area contributed by atoms with Crippen LogP contribution in [0.2, 0.25) is 0 Å². The molecule has 0 aliphatic carbocycles. The molecule has 4 heteroatoms. The molecule has 0 aromatic heterocycles. The van der Waals surface area contributed by atoms with E-state index in [9.17, 15) is 9.18 Å². The predicted molar refractivity (Wildman–Crippen MR) is 65.4 cm³/mol. The van der Waals surface area contributed by atoms with Crippen molar-refractivity contribution in [3.05, 3.63) is 35.1 Å². The second-order valence-corrected chi connectivity index (χ2v) is 4.66. The number of rotatable bonds is 1. The molecule has 1 aliphatic rings. The number of hydrogen-bond acceptors (Lipinski definition) is 2. The summed E-state index contributed by atoms with van der Waals surface area (Å²) < 4.78 is 13.9. The maximum atomic E-state index is 13.9. The summed E-state index contributed by atoms with van der Waals surface area (Å²) in [5.74, 6) is -0.895. The highest BCUT2D eigenvalue weighted by atomic mass is 19.1. The molecular weight excluding hydrogens is 231 g/mol. The van der Waals surface area contributed by atoms with Crippen LogP contribution in [0.5, 0.6) is 0 Å². The minimum atomic E-state index is -0.457. The number of hydrogen-bond donors (Lipinski definition) is 0. The first-order chi connectivity index (χ1) is 8.63. The molecule has 1 amide bonds. The average molecular weight is 246 g/mol. The Bertz CT molecular complexity index is 507. The molecule has 1 saturated heterocycles. The monoisotopic (exact) mass is 246 g/mol. The largest absolute Gasteiger partial charge is 0.337 e. The fraction of sp³-hybridized carbons (Fsp3) is 0.429. The van der Waals surface area contributed by atoms with E-state index in [2.05, 4.69) is 6.07 Å². The first kappa shape index (κ1) is 12.6. The number of nitriles is 1. The molecule has 0 saturated carbocycles. The van der Waals surface area contributed by atoms with Crippen LogP contribution in [-0.4, -0.2) is 23.9 Å². The normalized spacial score (nSPS) is 19.4. The van der Waals surface area contributed by atoms with Crippen molar-refractivity contribution in [1.29, 1.82) is 5.26 Å². The lowest BCUT2D eigenvalue weighted by Gasteiger charge is -2.29. The smallest absolute Gasteiger partial charge is 0.256 e. The van der Waals surface area contributed by atoms with Crippen molar-refractivity contribution >= 4 is 5.91 Å². The summed E-state index contributed by atoms with van der Waals surface area (Å²) in [7, 11) is 0. The van der Waals surface area contributed by atoms with E-state index in [-0.39, 0.29) is 17.4 Å². The molecule has 0 N–H and O–H groups in total. The molecule has 1 atom stereocenters. The van der Waals surface area contributed by atoms with E-state index in [0.717, 1.165) is 12.8 Å². The van der Waals surface area contributed by atoms with Crippen molar-refractivity contribution in [2.45, 2.75) is 19.8 Å². The van der Waals surface area contributed by atoms with Crippen molar-refractivity contribution in [2.24, 2.45) is 5.92 Å². The van der Waals surface area contributed by atoms with Crippen LogP contribution >= 0.6 is 0 Å². The second kappa shape index (κ2) is 5.18. The summed E-state index contributed by atoms with van der Waals surface area (Å²) in [6, 6.07) is 7.00. The minimum Gasteiger partial charge on any atom is -0.337 e. The molecule has 0 radical (unpaired) electrons. The van der Waals surface area contributed by atoms with Gasteiger partial charge in [0.25, 0.3) is 5.91 Å². The van der Waals surface area contributed by atoms with E-state index in [1.807, 2.05) is 0 Å².